The van der Waals surface area contributed by atoms with E-state index in [1.165, 1.54) is 12.1 Å². The van der Waals surface area contributed by atoms with E-state index in [1.807, 2.05) is 0 Å². The van der Waals surface area contributed by atoms with Crippen LogP contribution in [-0.4, -0.2) is 79.2 Å². The van der Waals surface area contributed by atoms with Crippen molar-refractivity contribution in [3.63, 3.8) is 0 Å². The van der Waals surface area contributed by atoms with Crippen molar-refractivity contribution in [2.75, 3.05) is 5.75 Å². The SMILES string of the molecule is C=C1C2CCC3C4(C)CC(O[C@@H]5O[C@@H](CS(=O)(=O)c6ccc(C)cc6)[C@@H](OSOO[O-])[C@H](OSOO[O-])C5OC(=O)CC(C)C)CC(C(=O)O)C4CCC3(C2)[C@H]1O. The Bertz CT molecular complexity index is 1700. The van der Waals surface area contributed by atoms with Crippen LogP contribution in [-0.2, 0) is 60.7 Å². The molecule has 5 fully saturated rings. The van der Waals surface area contributed by atoms with E-state index in [-0.39, 0.29) is 66.1 Å². The molecule has 5 aliphatic rings. The highest BCUT2D eigenvalue weighted by molar-refractivity contribution is 7.91. The van der Waals surface area contributed by atoms with Crippen molar-refractivity contribution in [3.05, 3.63) is 42.0 Å². The van der Waals surface area contributed by atoms with Crippen LogP contribution in [0.1, 0.15) is 77.7 Å². The number of carboxylic acids is 1. The van der Waals surface area contributed by atoms with Gasteiger partial charge in [-0.3, -0.25) is 28.0 Å². The number of carbonyl (C=O) groups excluding carboxylic acids is 1. The second kappa shape index (κ2) is 18.4. The fourth-order valence-electron chi connectivity index (χ4n) is 10.7. The maximum atomic E-state index is 13.9. The first kappa shape index (κ1) is 44.7. The first-order chi connectivity index (χ1) is 27.0. The Labute approximate surface area is 340 Å². The van der Waals surface area contributed by atoms with Crippen LogP contribution in [0.2, 0.25) is 0 Å². The normalized spacial score (nSPS) is 37.8. The third-order valence-electron chi connectivity index (χ3n) is 13.0. The summed E-state index contributed by atoms with van der Waals surface area (Å²) in [5, 5.41) is 50.7. The summed E-state index contributed by atoms with van der Waals surface area (Å²) in [6, 6.07) is 6.09. The quantitative estimate of drug-likeness (QED) is 0.0434. The van der Waals surface area contributed by atoms with E-state index in [9.17, 15) is 38.7 Å². The molecule has 1 saturated heterocycles. The van der Waals surface area contributed by atoms with Crippen LogP contribution < -0.4 is 10.5 Å². The highest BCUT2D eigenvalue weighted by Gasteiger charge is 2.67. The van der Waals surface area contributed by atoms with Gasteiger partial charge < -0.3 is 34.9 Å². The van der Waals surface area contributed by atoms with E-state index >= 15 is 0 Å². The minimum Gasteiger partial charge on any atom is -0.691 e. The average molecular weight is 863 g/mol. The molecule has 13 atom stereocenters. The lowest BCUT2D eigenvalue weighted by Crippen LogP contribution is -2.63. The maximum Gasteiger partial charge on any atom is 0.306 e. The van der Waals surface area contributed by atoms with Gasteiger partial charge in [0.1, 0.15) is 18.3 Å². The molecule has 6 rings (SSSR count). The van der Waals surface area contributed by atoms with Crippen molar-refractivity contribution >= 4 is 46.4 Å². The van der Waals surface area contributed by atoms with Gasteiger partial charge >= 0.3 is 11.9 Å². The van der Waals surface area contributed by atoms with Crippen LogP contribution in [0.5, 0.6) is 0 Å². The number of rotatable bonds is 17. The minimum absolute atomic E-state index is 0.0242. The molecule has 0 aromatic heterocycles. The van der Waals surface area contributed by atoms with Crippen molar-refractivity contribution in [1.82, 2.24) is 0 Å². The fraction of sp³-hybridized carbons (Fsp3) is 0.730. The van der Waals surface area contributed by atoms with Crippen LogP contribution >= 0.6 is 24.6 Å². The zero-order valence-electron chi connectivity index (χ0n) is 32.1. The number of carbonyl (C=O) groups is 2. The highest BCUT2D eigenvalue weighted by atomic mass is 32.2. The number of fused-ring (bicyclic) bond motifs is 3. The molecular weight excluding hydrogens is 813 g/mol. The Morgan fingerprint density at radius 2 is 1.68 bits per heavy atom. The number of aliphatic hydroxyl groups excluding tert-OH is 1. The molecule has 1 aromatic carbocycles. The predicted octanol–water partition coefficient (Wildman–Crippen LogP) is 3.42. The van der Waals surface area contributed by atoms with Crippen LogP contribution in [0.25, 0.3) is 0 Å². The fourth-order valence-corrected chi connectivity index (χ4v) is 12.9. The summed E-state index contributed by atoms with van der Waals surface area (Å²) >= 11 is 0.0569. The summed E-state index contributed by atoms with van der Waals surface area (Å²) < 4.78 is 66.9. The van der Waals surface area contributed by atoms with Crippen molar-refractivity contribution in [1.29, 1.82) is 0 Å². The molecule has 1 aliphatic heterocycles. The van der Waals surface area contributed by atoms with Crippen LogP contribution in [0.15, 0.2) is 41.3 Å². The zero-order valence-corrected chi connectivity index (χ0v) is 34.5. The molecule has 20 heteroatoms. The molecule has 320 valence electrons. The third kappa shape index (κ3) is 9.24. The molecule has 1 spiro atoms. The number of ether oxygens (including phenoxy) is 3. The van der Waals surface area contributed by atoms with E-state index in [1.54, 1.807) is 32.9 Å². The van der Waals surface area contributed by atoms with Crippen LogP contribution in [0.3, 0.4) is 0 Å². The number of carboxylic acid groups (broad SMARTS) is 1. The van der Waals surface area contributed by atoms with Gasteiger partial charge in [0.2, 0.25) is 0 Å². The molecule has 57 heavy (non-hydrogen) atoms. The summed E-state index contributed by atoms with van der Waals surface area (Å²) in [7, 11) is -4.16. The lowest BCUT2D eigenvalue weighted by Gasteiger charge is -2.62. The molecule has 2 bridgehead atoms. The molecule has 17 nitrogen and oxygen atoms in total. The maximum absolute atomic E-state index is 13.9. The lowest BCUT2D eigenvalue weighted by molar-refractivity contribution is -0.778. The second-order valence-corrected chi connectivity index (χ2v) is 19.7. The van der Waals surface area contributed by atoms with Crippen molar-refractivity contribution in [2.45, 2.75) is 127 Å². The van der Waals surface area contributed by atoms with Gasteiger partial charge in [-0.05, 0) is 98.7 Å². The molecule has 8 unspecified atom stereocenters. The summed E-state index contributed by atoms with van der Waals surface area (Å²) in [5.74, 6) is -3.53. The average Bonchev–Trinajstić information content (AvgIpc) is 3.32. The molecular formula is C37H50O17S3-2. The summed E-state index contributed by atoms with van der Waals surface area (Å²) in [4.78, 5) is 26.4. The molecule has 4 saturated carbocycles. The molecule has 2 N–H and O–H groups in total. The number of aryl methyl sites for hydroxylation is 1. The van der Waals surface area contributed by atoms with E-state index in [4.69, 9.17) is 22.6 Å². The number of aliphatic hydroxyl groups is 1. The van der Waals surface area contributed by atoms with Crippen molar-refractivity contribution in [3.8, 4) is 0 Å². The molecule has 0 amide bonds. The number of hydrogen-bond donors (Lipinski definition) is 2. The summed E-state index contributed by atoms with van der Waals surface area (Å²) in [5.41, 5.74) is 0.591. The van der Waals surface area contributed by atoms with Gasteiger partial charge in [0.15, 0.2) is 46.9 Å². The van der Waals surface area contributed by atoms with Crippen LogP contribution in [0.4, 0.5) is 0 Å². The van der Waals surface area contributed by atoms with Gasteiger partial charge in [0.25, 0.3) is 0 Å². The van der Waals surface area contributed by atoms with Gasteiger partial charge in [-0.1, -0.05) is 45.0 Å². The topological polar surface area (TPSA) is 238 Å². The smallest absolute Gasteiger partial charge is 0.306 e. The first-order valence-corrected chi connectivity index (χ1v) is 22.0. The van der Waals surface area contributed by atoms with Gasteiger partial charge in [-0.15, -0.1) is 8.67 Å². The van der Waals surface area contributed by atoms with Gasteiger partial charge in [0, 0.05) is 11.8 Å². The number of benzene rings is 1. The third-order valence-corrected chi connectivity index (χ3v) is 15.6. The van der Waals surface area contributed by atoms with E-state index < -0.39 is 87.2 Å². The number of esters is 1. The summed E-state index contributed by atoms with van der Waals surface area (Å²) in [6.07, 6.45) is -5.26. The zero-order chi connectivity index (χ0) is 41.3. The standard InChI is InChI=1S/C37H52O17S3/c1-19(2)14-29(38)48-32-31(50-56-54-52-43)30(49-55-53-51-42)27(18-57(44,45)24-9-6-20(3)7-10-24)47-35(32)46-23-15-25(34(40)41)26-12-13-37-16-22(21(4)33(37)39)8-11-28(37)36(26,5)17-23/h6-7,9-10,19,22-23,25-28,30-33,35,39,42-43H,4,8,11-18H2,1-3,5H3,(H,40,41)/p-2/t22?,23?,25?,26?,27-,28?,30+,31-,32?,33-,35+,36?,37?/m0/s1. The second-order valence-electron chi connectivity index (χ2n) is 16.8. The van der Waals surface area contributed by atoms with Gasteiger partial charge in [-0.25, -0.2) is 8.42 Å². The Morgan fingerprint density at radius 3 is 2.32 bits per heavy atom. The molecule has 0 radical (unpaired) electrons. The van der Waals surface area contributed by atoms with Gasteiger partial charge in [-0.2, -0.15) is 0 Å². The van der Waals surface area contributed by atoms with E-state index in [0.29, 0.717) is 19.3 Å². The number of hydrogen-bond acceptors (Lipinski definition) is 18. The molecule has 1 aromatic rings. The Hall–Kier alpha value is -1.89. The number of sulfone groups is 1. The first-order valence-electron chi connectivity index (χ1n) is 19.0. The summed E-state index contributed by atoms with van der Waals surface area (Å²) in [6.45, 7) is 11.7. The van der Waals surface area contributed by atoms with E-state index in [2.05, 4.69) is 32.2 Å². The van der Waals surface area contributed by atoms with Crippen molar-refractivity contribution in [2.24, 2.45) is 40.4 Å². The molecule has 1 heterocycles. The molecule has 4 aliphatic carbocycles. The minimum atomic E-state index is -4.16. The Kier molecular flexibility index (Phi) is 14.4. The highest BCUT2D eigenvalue weighted by Crippen LogP contribution is 2.70. The Balaban J connectivity index is 1.38. The van der Waals surface area contributed by atoms with E-state index in [0.717, 1.165) is 30.4 Å². The van der Waals surface area contributed by atoms with Crippen molar-refractivity contribution < 1.29 is 80.1 Å². The van der Waals surface area contributed by atoms with Gasteiger partial charge in [0.05, 0.1) is 28.8 Å². The van der Waals surface area contributed by atoms with Crippen LogP contribution in [0, 0.1) is 47.3 Å². The largest absolute Gasteiger partial charge is 0.691 e. The predicted molar refractivity (Wildman–Crippen MR) is 195 cm³/mol. The lowest BCUT2D eigenvalue weighted by atomic mass is 9.43. The number of aliphatic carboxylic acids is 1. The Morgan fingerprint density at radius 1 is 1.02 bits per heavy atom. The monoisotopic (exact) mass is 862 g/mol.